The Morgan fingerprint density at radius 1 is 1.25 bits per heavy atom. The number of anilines is 1. The van der Waals surface area contributed by atoms with Gasteiger partial charge in [0, 0.05) is 18.3 Å². The average molecular weight is 440 g/mol. The molecule has 0 radical (unpaired) electrons. The third-order valence-corrected chi connectivity index (χ3v) is 5.15. The van der Waals surface area contributed by atoms with Crippen LogP contribution in [-0.4, -0.2) is 56.6 Å². The largest absolute Gasteiger partial charge is 0.479 e. The van der Waals surface area contributed by atoms with E-state index in [2.05, 4.69) is 31.8 Å². The van der Waals surface area contributed by atoms with Crippen molar-refractivity contribution < 1.29 is 13.5 Å². The van der Waals surface area contributed by atoms with Gasteiger partial charge in [-0.25, -0.2) is 18.0 Å². The Balaban J connectivity index is 1.77. The molecule has 4 aromatic rings. The highest BCUT2D eigenvalue weighted by Crippen LogP contribution is 2.33. The van der Waals surface area contributed by atoms with Crippen LogP contribution in [0.2, 0.25) is 0 Å². The number of nitriles is 1. The Kier molecular flexibility index (Phi) is 5.61. The van der Waals surface area contributed by atoms with Gasteiger partial charge < -0.3 is 10.1 Å². The first-order chi connectivity index (χ1) is 15.4. The number of hydrogen-bond acceptors (Lipinski definition) is 7. The van der Waals surface area contributed by atoms with Gasteiger partial charge in [0.1, 0.15) is 30.4 Å². The lowest BCUT2D eigenvalue weighted by molar-refractivity contribution is 0.274. The molecule has 9 nitrogen and oxygen atoms in total. The highest BCUT2D eigenvalue weighted by molar-refractivity contribution is 5.89. The molecule has 11 heteroatoms. The summed E-state index contributed by atoms with van der Waals surface area (Å²) in [5.41, 5.74) is 2.66. The van der Waals surface area contributed by atoms with Crippen LogP contribution in [-0.2, 0) is 0 Å². The van der Waals surface area contributed by atoms with E-state index in [1.807, 2.05) is 26.0 Å². The van der Waals surface area contributed by atoms with Crippen molar-refractivity contribution in [3.63, 3.8) is 0 Å². The van der Waals surface area contributed by atoms with Crippen molar-refractivity contribution in [2.24, 2.45) is 5.41 Å². The van der Waals surface area contributed by atoms with Crippen LogP contribution in [0.3, 0.4) is 0 Å². The molecular weight excluding hydrogens is 418 g/mol. The average Bonchev–Trinajstić information content (AvgIpc) is 3.42. The molecule has 0 unspecified atom stereocenters. The lowest BCUT2D eigenvalue weighted by Crippen LogP contribution is -2.22. The summed E-state index contributed by atoms with van der Waals surface area (Å²) in [6.45, 7) is 2.23. The number of halogens is 2. The Labute approximate surface area is 182 Å². The van der Waals surface area contributed by atoms with Crippen molar-refractivity contribution in [2.45, 2.75) is 19.9 Å². The fraction of sp³-hybridized carbons (Fsp3) is 0.381. The maximum atomic E-state index is 13.2. The Hall–Kier alpha value is -3.81. The van der Waals surface area contributed by atoms with E-state index in [0.717, 1.165) is 11.1 Å². The molecular formula is C21H22F2N8O. The molecule has 0 saturated heterocycles. The first kappa shape index (κ1) is 21.4. The summed E-state index contributed by atoms with van der Waals surface area (Å²) >= 11 is 0. The molecule has 3 heterocycles. The van der Waals surface area contributed by atoms with E-state index in [0.29, 0.717) is 34.9 Å². The van der Waals surface area contributed by atoms with Crippen LogP contribution >= 0.6 is 0 Å². The minimum atomic E-state index is -1.02. The second-order valence-electron chi connectivity index (χ2n) is 8.02. The van der Waals surface area contributed by atoms with Crippen molar-refractivity contribution in [1.82, 2.24) is 29.6 Å². The van der Waals surface area contributed by atoms with E-state index in [1.165, 1.54) is 11.8 Å². The van der Waals surface area contributed by atoms with Gasteiger partial charge in [0.15, 0.2) is 0 Å². The molecule has 1 aromatic carbocycles. The van der Waals surface area contributed by atoms with Gasteiger partial charge in [-0.3, -0.25) is 0 Å². The Bertz CT molecular complexity index is 1300. The number of aromatic nitrogens is 6. The predicted octanol–water partition coefficient (Wildman–Crippen LogP) is 3.59. The van der Waals surface area contributed by atoms with Gasteiger partial charge in [0.2, 0.25) is 11.8 Å². The van der Waals surface area contributed by atoms with Crippen LogP contribution < -0.4 is 10.1 Å². The lowest BCUT2D eigenvalue weighted by atomic mass is 9.96. The summed E-state index contributed by atoms with van der Waals surface area (Å²) in [5, 5.41) is 24.7. The third kappa shape index (κ3) is 3.79. The number of fused-ring (bicyclic) bond motifs is 2. The second kappa shape index (κ2) is 8.37. The van der Waals surface area contributed by atoms with E-state index in [-0.39, 0.29) is 0 Å². The summed E-state index contributed by atoms with van der Waals surface area (Å²) in [6, 6.07) is 8.43. The van der Waals surface area contributed by atoms with Crippen LogP contribution in [0, 0.1) is 16.7 Å². The van der Waals surface area contributed by atoms with Gasteiger partial charge in [0.25, 0.3) is 0 Å². The third-order valence-electron chi connectivity index (χ3n) is 5.15. The fourth-order valence-electron chi connectivity index (χ4n) is 3.33. The number of nitrogens with zero attached hydrogens (tertiary/aromatic N) is 7. The predicted molar refractivity (Wildman–Crippen MR) is 115 cm³/mol. The topological polar surface area (TPSA) is 106 Å². The number of alkyl halides is 2. The van der Waals surface area contributed by atoms with Gasteiger partial charge in [0.05, 0.1) is 24.1 Å². The molecule has 166 valence electrons. The molecule has 0 aliphatic rings. The minimum Gasteiger partial charge on any atom is -0.479 e. The molecule has 0 amide bonds. The zero-order chi connectivity index (χ0) is 22.9. The Morgan fingerprint density at radius 3 is 2.72 bits per heavy atom. The van der Waals surface area contributed by atoms with Gasteiger partial charge in [-0.15, -0.1) is 10.2 Å². The van der Waals surface area contributed by atoms with Crippen LogP contribution in [0.15, 0.2) is 30.5 Å². The minimum absolute atomic E-state index is 0.325. The van der Waals surface area contributed by atoms with E-state index in [1.54, 1.807) is 22.8 Å². The number of nitrogens with one attached hydrogen (secondary N) is 1. The van der Waals surface area contributed by atoms with Crippen molar-refractivity contribution in [2.75, 3.05) is 32.3 Å². The Morgan fingerprint density at radius 2 is 2.03 bits per heavy atom. The second-order valence-corrected chi connectivity index (χ2v) is 8.02. The van der Waals surface area contributed by atoms with E-state index >= 15 is 0 Å². The first-order valence-electron chi connectivity index (χ1n) is 9.96. The van der Waals surface area contributed by atoms with E-state index in [4.69, 9.17) is 4.74 Å². The first-order valence-corrected chi connectivity index (χ1v) is 9.96. The number of hydrogen-bond donors (Lipinski definition) is 1. The summed E-state index contributed by atoms with van der Waals surface area (Å²) in [6.07, 6.45) is 1.77. The zero-order valence-corrected chi connectivity index (χ0v) is 17.9. The molecule has 4 rings (SSSR count). The summed E-state index contributed by atoms with van der Waals surface area (Å²) in [4.78, 5) is 4.44. The molecule has 0 aliphatic carbocycles. The van der Waals surface area contributed by atoms with Gasteiger partial charge in [-0.2, -0.15) is 10.2 Å². The van der Waals surface area contributed by atoms with Crippen molar-refractivity contribution in [3.05, 3.63) is 30.5 Å². The van der Waals surface area contributed by atoms with Gasteiger partial charge >= 0.3 is 0 Å². The highest BCUT2D eigenvalue weighted by atomic mass is 19.1. The van der Waals surface area contributed by atoms with Crippen molar-refractivity contribution in [3.8, 4) is 23.1 Å². The quantitative estimate of drug-likeness (QED) is 0.446. The summed E-state index contributed by atoms with van der Waals surface area (Å²) < 4.78 is 34.9. The molecule has 1 N–H and O–H groups in total. The normalized spacial score (nSPS) is 11.9. The zero-order valence-electron chi connectivity index (χ0n) is 17.9. The smallest absolute Gasteiger partial charge is 0.244 e. The number of ether oxygens (including phenoxy) is 1. The molecule has 3 aromatic heterocycles. The van der Waals surface area contributed by atoms with E-state index in [9.17, 15) is 14.0 Å². The maximum absolute atomic E-state index is 13.2. The lowest BCUT2D eigenvalue weighted by Gasteiger charge is -2.16. The number of methoxy groups -OCH3 is 1. The van der Waals surface area contributed by atoms with Crippen LogP contribution in [0.1, 0.15) is 19.9 Å². The van der Waals surface area contributed by atoms with Gasteiger partial charge in [-0.1, -0.05) is 11.3 Å². The SMILES string of the molecule is COc1nc(NCC(C)(C)C#N)nn2ccc(-c3ccc4nnn(C(CF)CF)c4c3)c12. The maximum Gasteiger partial charge on any atom is 0.244 e. The van der Waals surface area contributed by atoms with Crippen LogP contribution in [0.4, 0.5) is 14.7 Å². The monoisotopic (exact) mass is 440 g/mol. The molecule has 32 heavy (non-hydrogen) atoms. The van der Waals surface area contributed by atoms with Crippen molar-refractivity contribution >= 4 is 22.5 Å². The molecule has 0 atom stereocenters. The number of rotatable bonds is 8. The van der Waals surface area contributed by atoms with E-state index < -0.39 is 24.8 Å². The number of benzene rings is 1. The molecule has 0 aliphatic heterocycles. The standard InChI is InChI=1S/C21H22F2N8O/c1-21(2,11-24)12-25-20-26-19(32-3)18-15(6-7-30(18)28-20)13-4-5-16-17(8-13)31(29-27-16)14(9-22)10-23/h4-8,14H,9-10,12H2,1-3H3,(H,25,28). The summed E-state index contributed by atoms with van der Waals surface area (Å²) in [7, 11) is 1.51. The van der Waals surface area contributed by atoms with Crippen LogP contribution in [0.5, 0.6) is 5.88 Å². The molecule has 0 fully saturated rings. The van der Waals surface area contributed by atoms with Gasteiger partial charge in [-0.05, 0) is 37.6 Å². The highest BCUT2D eigenvalue weighted by Gasteiger charge is 2.20. The van der Waals surface area contributed by atoms with Crippen molar-refractivity contribution in [1.29, 1.82) is 5.26 Å². The molecule has 0 spiro atoms. The molecule has 0 saturated carbocycles. The summed E-state index contributed by atoms with van der Waals surface area (Å²) in [5.74, 6) is 0.667. The van der Waals surface area contributed by atoms with Crippen LogP contribution in [0.25, 0.3) is 27.7 Å². The fourth-order valence-corrected chi connectivity index (χ4v) is 3.33. The molecule has 0 bridgehead atoms.